The van der Waals surface area contributed by atoms with Crippen molar-refractivity contribution in [3.8, 4) is 0 Å². The Balaban J connectivity index is 1.63. The van der Waals surface area contributed by atoms with Gasteiger partial charge in [0.1, 0.15) is 0 Å². The van der Waals surface area contributed by atoms with Crippen LogP contribution in [0.2, 0.25) is 0 Å². The van der Waals surface area contributed by atoms with Crippen molar-refractivity contribution in [1.29, 1.82) is 0 Å². The van der Waals surface area contributed by atoms with Crippen LogP contribution in [-0.2, 0) is 22.6 Å². The zero-order valence-electron chi connectivity index (χ0n) is 15.1. The van der Waals surface area contributed by atoms with E-state index in [1.54, 1.807) is 24.3 Å². The Hall–Kier alpha value is -2.70. The lowest BCUT2D eigenvalue weighted by molar-refractivity contribution is 0.0592. The SMILES string of the molecule is COC(=O)c1ccc(CNCCNCc2ccc(C(=O)OC)cc2)cc1. The Morgan fingerprint density at radius 3 is 1.35 bits per heavy atom. The van der Waals surface area contributed by atoms with E-state index in [1.807, 2.05) is 24.3 Å². The van der Waals surface area contributed by atoms with Crippen LogP contribution in [0.5, 0.6) is 0 Å². The van der Waals surface area contributed by atoms with Gasteiger partial charge < -0.3 is 20.1 Å². The van der Waals surface area contributed by atoms with Gasteiger partial charge in [0.25, 0.3) is 0 Å². The Morgan fingerprint density at radius 1 is 0.692 bits per heavy atom. The molecule has 2 aromatic rings. The first-order valence-electron chi connectivity index (χ1n) is 8.40. The third-order valence-electron chi connectivity index (χ3n) is 3.89. The van der Waals surface area contributed by atoms with Gasteiger partial charge in [0.15, 0.2) is 0 Å². The molecule has 0 fully saturated rings. The van der Waals surface area contributed by atoms with Crippen molar-refractivity contribution < 1.29 is 19.1 Å². The second kappa shape index (κ2) is 10.3. The number of carbonyl (C=O) groups excluding carboxylic acids is 2. The van der Waals surface area contributed by atoms with Crippen molar-refractivity contribution in [2.75, 3.05) is 27.3 Å². The maximum absolute atomic E-state index is 11.4. The molecule has 0 aliphatic rings. The summed E-state index contributed by atoms with van der Waals surface area (Å²) in [6.45, 7) is 3.10. The van der Waals surface area contributed by atoms with E-state index in [0.29, 0.717) is 11.1 Å². The Kier molecular flexibility index (Phi) is 7.79. The van der Waals surface area contributed by atoms with Crippen LogP contribution >= 0.6 is 0 Å². The zero-order valence-corrected chi connectivity index (χ0v) is 15.1. The quantitative estimate of drug-likeness (QED) is 0.530. The molecule has 0 unspecified atom stereocenters. The van der Waals surface area contributed by atoms with Crippen LogP contribution in [0.1, 0.15) is 31.8 Å². The monoisotopic (exact) mass is 356 g/mol. The first-order chi connectivity index (χ1) is 12.6. The summed E-state index contributed by atoms with van der Waals surface area (Å²) in [6, 6.07) is 14.7. The summed E-state index contributed by atoms with van der Waals surface area (Å²) >= 11 is 0. The van der Waals surface area contributed by atoms with E-state index in [2.05, 4.69) is 20.1 Å². The summed E-state index contributed by atoms with van der Waals surface area (Å²) in [5.41, 5.74) is 3.32. The van der Waals surface area contributed by atoms with Gasteiger partial charge in [-0.2, -0.15) is 0 Å². The maximum Gasteiger partial charge on any atom is 0.337 e. The van der Waals surface area contributed by atoms with Crippen molar-refractivity contribution in [3.05, 3.63) is 70.8 Å². The van der Waals surface area contributed by atoms with Crippen molar-refractivity contribution in [3.63, 3.8) is 0 Å². The number of hydrogen-bond donors (Lipinski definition) is 2. The summed E-state index contributed by atoms with van der Waals surface area (Å²) in [6.07, 6.45) is 0. The van der Waals surface area contributed by atoms with Crippen molar-refractivity contribution in [2.45, 2.75) is 13.1 Å². The van der Waals surface area contributed by atoms with Crippen LogP contribution in [0.25, 0.3) is 0 Å². The average molecular weight is 356 g/mol. The molecule has 0 saturated carbocycles. The summed E-state index contributed by atoms with van der Waals surface area (Å²) in [4.78, 5) is 22.7. The molecule has 2 rings (SSSR count). The molecule has 0 bridgehead atoms. The summed E-state index contributed by atoms with van der Waals surface area (Å²) in [7, 11) is 2.75. The molecule has 26 heavy (non-hydrogen) atoms. The molecule has 2 aromatic carbocycles. The minimum Gasteiger partial charge on any atom is -0.465 e. The van der Waals surface area contributed by atoms with Crippen molar-refractivity contribution in [2.24, 2.45) is 0 Å². The number of esters is 2. The van der Waals surface area contributed by atoms with E-state index in [4.69, 9.17) is 0 Å². The topological polar surface area (TPSA) is 76.7 Å². The molecule has 0 saturated heterocycles. The van der Waals surface area contributed by atoms with Crippen LogP contribution < -0.4 is 10.6 Å². The highest BCUT2D eigenvalue weighted by atomic mass is 16.5. The van der Waals surface area contributed by atoms with Gasteiger partial charge in [-0.05, 0) is 35.4 Å². The fourth-order valence-corrected chi connectivity index (χ4v) is 2.40. The lowest BCUT2D eigenvalue weighted by atomic mass is 10.1. The van der Waals surface area contributed by atoms with Gasteiger partial charge in [-0.15, -0.1) is 0 Å². The third kappa shape index (κ3) is 5.98. The first-order valence-corrected chi connectivity index (χ1v) is 8.40. The molecule has 0 aliphatic carbocycles. The predicted molar refractivity (Wildman–Crippen MR) is 99.0 cm³/mol. The van der Waals surface area contributed by atoms with Crippen molar-refractivity contribution >= 4 is 11.9 Å². The molecule has 0 heterocycles. The summed E-state index contributed by atoms with van der Waals surface area (Å²) in [5, 5.41) is 6.68. The van der Waals surface area contributed by atoms with Crippen LogP contribution in [0, 0.1) is 0 Å². The molecule has 0 atom stereocenters. The maximum atomic E-state index is 11.4. The molecule has 138 valence electrons. The molecular weight excluding hydrogens is 332 g/mol. The lowest BCUT2D eigenvalue weighted by Gasteiger charge is -2.08. The third-order valence-corrected chi connectivity index (χ3v) is 3.89. The van der Waals surface area contributed by atoms with E-state index >= 15 is 0 Å². The highest BCUT2D eigenvalue weighted by Gasteiger charge is 2.05. The summed E-state index contributed by atoms with van der Waals surface area (Å²) in [5.74, 6) is -0.651. The first kappa shape index (κ1) is 19.6. The predicted octanol–water partition coefficient (Wildman–Crippen LogP) is 2.14. The van der Waals surface area contributed by atoms with Gasteiger partial charge >= 0.3 is 11.9 Å². The van der Waals surface area contributed by atoms with E-state index in [0.717, 1.165) is 37.3 Å². The number of nitrogens with one attached hydrogen (secondary N) is 2. The molecule has 0 aromatic heterocycles. The van der Waals surface area contributed by atoms with Crippen LogP contribution in [0.15, 0.2) is 48.5 Å². The fraction of sp³-hybridized carbons (Fsp3) is 0.300. The van der Waals surface area contributed by atoms with Gasteiger partial charge in [-0.1, -0.05) is 24.3 Å². The highest BCUT2D eigenvalue weighted by molar-refractivity contribution is 5.89. The number of methoxy groups -OCH3 is 2. The number of benzene rings is 2. The standard InChI is InChI=1S/C20H24N2O4/c1-25-19(23)17-7-3-15(4-8-17)13-21-11-12-22-14-16-5-9-18(10-6-16)20(24)26-2/h3-10,21-22H,11-14H2,1-2H3. The van der Waals surface area contributed by atoms with Crippen molar-refractivity contribution in [1.82, 2.24) is 10.6 Å². The molecular formula is C20H24N2O4. The molecule has 6 heteroatoms. The van der Waals surface area contributed by atoms with Gasteiger partial charge in [-0.3, -0.25) is 0 Å². The van der Waals surface area contributed by atoms with Gasteiger partial charge in [0.2, 0.25) is 0 Å². The fourth-order valence-electron chi connectivity index (χ4n) is 2.40. The molecule has 0 aliphatic heterocycles. The second-order valence-electron chi connectivity index (χ2n) is 5.73. The van der Waals surface area contributed by atoms with Gasteiger partial charge in [0, 0.05) is 26.2 Å². The van der Waals surface area contributed by atoms with Crippen LogP contribution in [0.3, 0.4) is 0 Å². The lowest BCUT2D eigenvalue weighted by Crippen LogP contribution is -2.26. The van der Waals surface area contributed by atoms with E-state index in [9.17, 15) is 9.59 Å². The van der Waals surface area contributed by atoms with Gasteiger partial charge in [-0.25, -0.2) is 9.59 Å². The molecule has 0 spiro atoms. The van der Waals surface area contributed by atoms with E-state index < -0.39 is 0 Å². The van der Waals surface area contributed by atoms with Crippen LogP contribution in [-0.4, -0.2) is 39.2 Å². The Bertz CT molecular complexity index is 648. The molecule has 0 radical (unpaired) electrons. The highest BCUT2D eigenvalue weighted by Crippen LogP contribution is 2.06. The number of rotatable bonds is 9. The molecule has 2 N–H and O–H groups in total. The molecule has 0 amide bonds. The zero-order chi connectivity index (χ0) is 18.8. The number of ether oxygens (including phenoxy) is 2. The number of hydrogen-bond acceptors (Lipinski definition) is 6. The largest absolute Gasteiger partial charge is 0.465 e. The number of carbonyl (C=O) groups is 2. The minimum absolute atomic E-state index is 0.326. The van der Waals surface area contributed by atoms with E-state index in [1.165, 1.54) is 14.2 Å². The molecule has 6 nitrogen and oxygen atoms in total. The second-order valence-corrected chi connectivity index (χ2v) is 5.73. The van der Waals surface area contributed by atoms with E-state index in [-0.39, 0.29) is 11.9 Å². The average Bonchev–Trinajstić information content (AvgIpc) is 2.70. The normalized spacial score (nSPS) is 10.4. The van der Waals surface area contributed by atoms with Gasteiger partial charge in [0.05, 0.1) is 25.3 Å². The van der Waals surface area contributed by atoms with Crippen LogP contribution in [0.4, 0.5) is 0 Å². The minimum atomic E-state index is -0.326. The Labute approximate surface area is 153 Å². The Morgan fingerprint density at radius 2 is 1.04 bits per heavy atom. The summed E-state index contributed by atoms with van der Waals surface area (Å²) < 4.78 is 9.35. The smallest absolute Gasteiger partial charge is 0.337 e.